The predicted molar refractivity (Wildman–Crippen MR) is 85.6 cm³/mol. The van der Waals surface area contributed by atoms with Crippen LogP contribution >= 0.6 is 12.6 Å². The minimum atomic E-state index is -0.425. The summed E-state index contributed by atoms with van der Waals surface area (Å²) in [6, 6.07) is 3.83. The van der Waals surface area contributed by atoms with E-state index in [0.29, 0.717) is 12.2 Å². The predicted octanol–water partition coefficient (Wildman–Crippen LogP) is 2.80. The molecule has 112 valence electrons. The van der Waals surface area contributed by atoms with Crippen molar-refractivity contribution >= 4 is 30.1 Å². The van der Waals surface area contributed by atoms with Crippen molar-refractivity contribution < 1.29 is 9.53 Å². The summed E-state index contributed by atoms with van der Waals surface area (Å²) in [6.07, 6.45) is -0.425. The van der Waals surface area contributed by atoms with E-state index in [1.807, 2.05) is 39.8 Å². The van der Waals surface area contributed by atoms with E-state index < -0.39 is 6.09 Å². The molecule has 0 atom stereocenters. The number of hydrogen-bond acceptors (Lipinski definition) is 5. The summed E-state index contributed by atoms with van der Waals surface area (Å²) >= 11 is 4.30. The lowest BCUT2D eigenvalue weighted by Gasteiger charge is -2.20. The molecular formula is C14H23N3O2S. The van der Waals surface area contributed by atoms with Crippen molar-refractivity contribution in [1.82, 2.24) is 5.32 Å². The molecule has 0 saturated heterocycles. The lowest BCUT2D eigenvalue weighted by molar-refractivity contribution is 0.142. The SMILES string of the molecule is Cc1cc(S)c(N)c(NCCOC(=O)NC(C)(C)C)c1. The maximum Gasteiger partial charge on any atom is 0.407 e. The van der Waals surface area contributed by atoms with Crippen molar-refractivity contribution in [2.75, 3.05) is 24.2 Å². The molecule has 1 rings (SSSR count). The molecule has 1 aromatic carbocycles. The quantitative estimate of drug-likeness (QED) is 0.391. The minimum Gasteiger partial charge on any atom is -0.448 e. The summed E-state index contributed by atoms with van der Waals surface area (Å²) in [5, 5.41) is 5.86. The van der Waals surface area contributed by atoms with E-state index in [4.69, 9.17) is 10.5 Å². The van der Waals surface area contributed by atoms with Gasteiger partial charge >= 0.3 is 6.09 Å². The zero-order chi connectivity index (χ0) is 15.3. The normalized spacial score (nSPS) is 11.1. The maximum absolute atomic E-state index is 11.4. The van der Waals surface area contributed by atoms with E-state index >= 15 is 0 Å². The average molecular weight is 297 g/mol. The van der Waals surface area contributed by atoms with Gasteiger partial charge in [-0.1, -0.05) is 0 Å². The molecule has 6 heteroatoms. The first-order chi connectivity index (χ1) is 9.19. The van der Waals surface area contributed by atoms with Crippen LogP contribution in [0.4, 0.5) is 16.2 Å². The fraction of sp³-hybridized carbons (Fsp3) is 0.500. The van der Waals surface area contributed by atoms with Gasteiger partial charge in [0.05, 0.1) is 11.4 Å². The van der Waals surface area contributed by atoms with Crippen molar-refractivity contribution in [3.8, 4) is 0 Å². The lowest BCUT2D eigenvalue weighted by Crippen LogP contribution is -2.41. The molecule has 20 heavy (non-hydrogen) atoms. The third-order valence-electron chi connectivity index (χ3n) is 2.43. The van der Waals surface area contributed by atoms with Crippen LogP contribution < -0.4 is 16.4 Å². The van der Waals surface area contributed by atoms with Crippen LogP contribution in [0, 0.1) is 6.92 Å². The topological polar surface area (TPSA) is 76.4 Å². The number of aryl methyl sites for hydroxylation is 1. The third-order valence-corrected chi connectivity index (χ3v) is 2.80. The number of benzene rings is 1. The molecule has 0 radical (unpaired) electrons. The first kappa shape index (κ1) is 16.5. The van der Waals surface area contributed by atoms with Crippen LogP contribution in [0.25, 0.3) is 0 Å². The number of nitrogens with two attached hydrogens (primary N) is 1. The Morgan fingerprint density at radius 2 is 2.05 bits per heavy atom. The second kappa shape index (κ2) is 6.74. The van der Waals surface area contributed by atoms with Gasteiger partial charge in [0.25, 0.3) is 0 Å². The Balaban J connectivity index is 2.40. The van der Waals surface area contributed by atoms with E-state index in [9.17, 15) is 4.79 Å². The van der Waals surface area contributed by atoms with Gasteiger partial charge in [0.1, 0.15) is 6.61 Å². The van der Waals surface area contributed by atoms with Crippen LogP contribution in [-0.2, 0) is 4.74 Å². The van der Waals surface area contributed by atoms with Crippen LogP contribution in [0.1, 0.15) is 26.3 Å². The third kappa shape index (κ3) is 5.61. The lowest BCUT2D eigenvalue weighted by atomic mass is 10.1. The van der Waals surface area contributed by atoms with Crippen LogP contribution in [0.3, 0.4) is 0 Å². The molecule has 0 saturated carbocycles. The summed E-state index contributed by atoms with van der Waals surface area (Å²) in [6.45, 7) is 8.41. The number of ether oxygens (including phenoxy) is 1. The highest BCUT2D eigenvalue weighted by Crippen LogP contribution is 2.27. The fourth-order valence-electron chi connectivity index (χ4n) is 1.60. The number of hydrogen-bond donors (Lipinski definition) is 4. The number of nitrogens with one attached hydrogen (secondary N) is 2. The molecule has 0 unspecified atom stereocenters. The molecule has 0 spiro atoms. The number of alkyl carbamates (subject to hydrolysis) is 1. The summed E-state index contributed by atoms with van der Waals surface area (Å²) in [7, 11) is 0. The zero-order valence-corrected chi connectivity index (χ0v) is 13.3. The van der Waals surface area contributed by atoms with Gasteiger partial charge in [-0.15, -0.1) is 12.6 Å². The summed E-state index contributed by atoms with van der Waals surface area (Å²) in [4.78, 5) is 12.2. The Hall–Kier alpha value is -1.56. The van der Waals surface area contributed by atoms with Crippen molar-refractivity contribution in [3.05, 3.63) is 17.7 Å². The Labute approximate surface area is 125 Å². The molecule has 0 aromatic heterocycles. The Morgan fingerprint density at radius 1 is 1.40 bits per heavy atom. The van der Waals surface area contributed by atoms with Crippen LogP contribution in [-0.4, -0.2) is 24.8 Å². The molecule has 1 aromatic rings. The fourth-order valence-corrected chi connectivity index (χ4v) is 1.92. The van der Waals surface area contributed by atoms with Crippen molar-refractivity contribution in [1.29, 1.82) is 0 Å². The molecule has 0 heterocycles. The number of rotatable bonds is 4. The highest BCUT2D eigenvalue weighted by molar-refractivity contribution is 7.80. The number of carbonyl (C=O) groups excluding carboxylic acids is 1. The standard InChI is InChI=1S/C14H23N3O2S/c1-9-7-10(12(15)11(20)8-9)16-5-6-19-13(18)17-14(2,3)4/h7-8,16,20H,5-6,15H2,1-4H3,(H,17,18). The van der Waals surface area contributed by atoms with Gasteiger partial charge in [0.2, 0.25) is 0 Å². The first-order valence-corrected chi connectivity index (χ1v) is 6.91. The van der Waals surface area contributed by atoms with Crippen molar-refractivity contribution in [2.24, 2.45) is 0 Å². The van der Waals surface area contributed by atoms with Crippen molar-refractivity contribution in [2.45, 2.75) is 38.1 Å². The molecule has 0 bridgehead atoms. The second-order valence-electron chi connectivity index (χ2n) is 5.68. The first-order valence-electron chi connectivity index (χ1n) is 6.47. The minimum absolute atomic E-state index is 0.261. The van der Waals surface area contributed by atoms with E-state index in [1.165, 1.54) is 0 Å². The number of nitrogen functional groups attached to an aromatic ring is 1. The monoisotopic (exact) mass is 297 g/mol. The number of thiol groups is 1. The maximum atomic E-state index is 11.4. The van der Waals surface area contributed by atoms with Gasteiger partial charge in [0.15, 0.2) is 0 Å². The Kier molecular flexibility index (Phi) is 5.56. The molecule has 0 aliphatic carbocycles. The Morgan fingerprint density at radius 3 is 2.65 bits per heavy atom. The molecule has 5 nitrogen and oxygen atoms in total. The van der Waals surface area contributed by atoms with E-state index in [1.54, 1.807) is 0 Å². The molecule has 1 amide bonds. The summed E-state index contributed by atoms with van der Waals surface area (Å²) < 4.78 is 5.07. The van der Waals surface area contributed by atoms with E-state index in [0.717, 1.165) is 16.1 Å². The summed E-state index contributed by atoms with van der Waals surface area (Å²) in [5.74, 6) is 0. The highest BCUT2D eigenvalue weighted by atomic mass is 32.1. The van der Waals surface area contributed by atoms with Crippen LogP contribution in [0.5, 0.6) is 0 Å². The highest BCUT2D eigenvalue weighted by Gasteiger charge is 2.14. The zero-order valence-electron chi connectivity index (χ0n) is 12.4. The van der Waals surface area contributed by atoms with Crippen LogP contribution in [0.15, 0.2) is 17.0 Å². The summed E-state index contributed by atoms with van der Waals surface area (Å²) in [5.41, 5.74) is 8.08. The van der Waals surface area contributed by atoms with Gasteiger partial charge in [-0.05, 0) is 45.4 Å². The van der Waals surface area contributed by atoms with Crippen LogP contribution in [0.2, 0.25) is 0 Å². The number of anilines is 2. The number of carbonyl (C=O) groups is 1. The van der Waals surface area contributed by atoms with Gasteiger partial charge in [-0.3, -0.25) is 0 Å². The Bertz CT molecular complexity index is 484. The van der Waals surface area contributed by atoms with E-state index in [2.05, 4.69) is 23.3 Å². The van der Waals surface area contributed by atoms with Gasteiger partial charge in [-0.25, -0.2) is 4.79 Å². The van der Waals surface area contributed by atoms with Crippen molar-refractivity contribution in [3.63, 3.8) is 0 Å². The molecule has 4 N–H and O–H groups in total. The molecule has 0 aliphatic rings. The second-order valence-corrected chi connectivity index (χ2v) is 6.16. The van der Waals surface area contributed by atoms with E-state index in [-0.39, 0.29) is 12.1 Å². The van der Waals surface area contributed by atoms with Gasteiger partial charge in [-0.2, -0.15) is 0 Å². The largest absolute Gasteiger partial charge is 0.448 e. The average Bonchev–Trinajstić information content (AvgIpc) is 2.28. The van der Waals surface area contributed by atoms with Gasteiger partial charge in [0, 0.05) is 17.0 Å². The molecule has 0 fully saturated rings. The van der Waals surface area contributed by atoms with Gasteiger partial charge < -0.3 is 21.1 Å². The molecular weight excluding hydrogens is 274 g/mol. The smallest absolute Gasteiger partial charge is 0.407 e. The molecule has 0 aliphatic heterocycles. The number of amides is 1.